The van der Waals surface area contributed by atoms with E-state index in [4.69, 9.17) is 11.6 Å². The van der Waals surface area contributed by atoms with Gasteiger partial charge in [-0.2, -0.15) is 0 Å². The number of rotatable bonds is 3. The molecule has 108 valence electrons. The van der Waals surface area contributed by atoms with Crippen LogP contribution >= 0.6 is 43.5 Å². The van der Waals surface area contributed by atoms with Crippen molar-refractivity contribution in [2.24, 2.45) is 0 Å². The lowest BCUT2D eigenvalue weighted by atomic mass is 10.2. The lowest BCUT2D eigenvalue weighted by molar-refractivity contribution is -0.384. The summed E-state index contributed by atoms with van der Waals surface area (Å²) in [5, 5.41) is 13.8. The Kier molecular flexibility index (Phi) is 4.97. The second-order valence-corrected chi connectivity index (χ2v) is 6.14. The standard InChI is InChI=1S/C13H7Br2ClN2O3/c14-10-3-1-7(16)5-9(10)13(19)17-12-4-2-8(18(20)21)6-11(12)15/h1-6H,(H,17,19). The van der Waals surface area contributed by atoms with Gasteiger partial charge in [-0.1, -0.05) is 11.6 Å². The van der Waals surface area contributed by atoms with E-state index in [1.807, 2.05) is 0 Å². The highest BCUT2D eigenvalue weighted by molar-refractivity contribution is 9.11. The summed E-state index contributed by atoms with van der Waals surface area (Å²) >= 11 is 12.3. The smallest absolute Gasteiger partial charge is 0.270 e. The maximum absolute atomic E-state index is 12.2. The largest absolute Gasteiger partial charge is 0.321 e. The highest BCUT2D eigenvalue weighted by atomic mass is 79.9. The third kappa shape index (κ3) is 3.81. The molecular formula is C13H7Br2ClN2O3. The van der Waals surface area contributed by atoms with Crippen LogP contribution in [0.25, 0.3) is 0 Å². The van der Waals surface area contributed by atoms with Crippen molar-refractivity contribution < 1.29 is 9.72 Å². The molecule has 2 rings (SSSR count). The van der Waals surface area contributed by atoms with E-state index in [0.717, 1.165) is 0 Å². The quantitative estimate of drug-likeness (QED) is 0.544. The van der Waals surface area contributed by atoms with E-state index in [1.54, 1.807) is 12.1 Å². The van der Waals surface area contributed by atoms with E-state index in [-0.39, 0.29) is 11.6 Å². The van der Waals surface area contributed by atoms with Gasteiger partial charge in [-0.05, 0) is 56.1 Å². The predicted octanol–water partition coefficient (Wildman–Crippen LogP) is 5.03. The maximum atomic E-state index is 12.2. The number of benzene rings is 2. The van der Waals surface area contributed by atoms with Crippen molar-refractivity contribution in [1.29, 1.82) is 0 Å². The third-order valence-corrected chi connectivity index (χ3v) is 4.17. The molecule has 0 saturated carbocycles. The van der Waals surface area contributed by atoms with Gasteiger partial charge >= 0.3 is 0 Å². The van der Waals surface area contributed by atoms with Crippen molar-refractivity contribution in [3.8, 4) is 0 Å². The van der Waals surface area contributed by atoms with E-state index >= 15 is 0 Å². The molecule has 0 aliphatic heterocycles. The number of hydrogen-bond donors (Lipinski definition) is 1. The molecule has 0 aromatic heterocycles. The topological polar surface area (TPSA) is 72.2 Å². The average molecular weight is 434 g/mol. The molecule has 5 nitrogen and oxygen atoms in total. The molecule has 0 unspecified atom stereocenters. The molecule has 0 aliphatic rings. The number of carbonyl (C=O) groups is 1. The third-order valence-electron chi connectivity index (χ3n) is 2.58. The first-order chi connectivity index (χ1) is 9.88. The number of amides is 1. The van der Waals surface area contributed by atoms with E-state index in [0.29, 0.717) is 25.2 Å². The first-order valence-corrected chi connectivity index (χ1v) is 7.55. The maximum Gasteiger partial charge on any atom is 0.270 e. The molecule has 0 radical (unpaired) electrons. The molecule has 21 heavy (non-hydrogen) atoms. The second kappa shape index (κ2) is 6.55. The molecule has 1 amide bonds. The number of nitro groups is 1. The van der Waals surface area contributed by atoms with Gasteiger partial charge in [0.1, 0.15) is 0 Å². The van der Waals surface area contributed by atoms with E-state index in [9.17, 15) is 14.9 Å². The van der Waals surface area contributed by atoms with Crippen LogP contribution in [-0.2, 0) is 0 Å². The molecule has 0 atom stereocenters. The summed E-state index contributed by atoms with van der Waals surface area (Å²) in [6.07, 6.45) is 0. The van der Waals surface area contributed by atoms with Crippen LogP contribution in [0.15, 0.2) is 45.3 Å². The Morgan fingerprint density at radius 3 is 2.48 bits per heavy atom. The van der Waals surface area contributed by atoms with Gasteiger partial charge in [-0.15, -0.1) is 0 Å². The van der Waals surface area contributed by atoms with Crippen molar-refractivity contribution in [3.05, 3.63) is 66.0 Å². The van der Waals surface area contributed by atoms with E-state index < -0.39 is 4.92 Å². The molecule has 2 aromatic rings. The van der Waals surface area contributed by atoms with Crippen LogP contribution in [0.4, 0.5) is 11.4 Å². The summed E-state index contributed by atoms with van der Waals surface area (Å²) in [4.78, 5) is 22.4. The van der Waals surface area contributed by atoms with Crippen molar-refractivity contribution in [1.82, 2.24) is 0 Å². The Labute approximate surface area is 141 Å². The number of halogens is 3. The summed E-state index contributed by atoms with van der Waals surface area (Å²) < 4.78 is 1.02. The van der Waals surface area contributed by atoms with Crippen LogP contribution in [0, 0.1) is 10.1 Å². The Morgan fingerprint density at radius 1 is 1.14 bits per heavy atom. The number of non-ortho nitro benzene ring substituents is 1. The normalized spacial score (nSPS) is 10.2. The minimum Gasteiger partial charge on any atom is -0.321 e. The van der Waals surface area contributed by atoms with Gasteiger partial charge < -0.3 is 5.32 Å². The number of carbonyl (C=O) groups excluding carboxylic acids is 1. The summed E-state index contributed by atoms with van der Waals surface area (Å²) in [5.74, 6) is -0.376. The van der Waals surface area contributed by atoms with Crippen molar-refractivity contribution in [2.75, 3.05) is 5.32 Å². The Hall–Kier alpha value is -1.44. The molecule has 1 N–H and O–H groups in total. The zero-order valence-electron chi connectivity index (χ0n) is 10.3. The molecule has 8 heteroatoms. The zero-order valence-corrected chi connectivity index (χ0v) is 14.2. The first-order valence-electron chi connectivity index (χ1n) is 5.59. The van der Waals surface area contributed by atoms with Crippen LogP contribution in [0.5, 0.6) is 0 Å². The van der Waals surface area contributed by atoms with Crippen molar-refractivity contribution in [2.45, 2.75) is 0 Å². The number of anilines is 1. The molecule has 0 aliphatic carbocycles. The summed E-state index contributed by atoms with van der Waals surface area (Å²) in [5.41, 5.74) is 0.731. The lowest BCUT2D eigenvalue weighted by Crippen LogP contribution is -2.13. The monoisotopic (exact) mass is 432 g/mol. The molecular weight excluding hydrogens is 427 g/mol. The predicted molar refractivity (Wildman–Crippen MR) is 87.9 cm³/mol. The number of hydrogen-bond acceptors (Lipinski definition) is 3. The van der Waals surface area contributed by atoms with Crippen LogP contribution < -0.4 is 5.32 Å². The van der Waals surface area contributed by atoms with Crippen molar-refractivity contribution in [3.63, 3.8) is 0 Å². The van der Waals surface area contributed by atoms with Gasteiger partial charge in [0.05, 0.1) is 16.2 Å². The summed E-state index contributed by atoms with van der Waals surface area (Å²) in [6.45, 7) is 0. The highest BCUT2D eigenvalue weighted by Crippen LogP contribution is 2.28. The number of nitrogens with one attached hydrogen (secondary N) is 1. The van der Waals surface area contributed by atoms with Crippen LogP contribution in [0.1, 0.15) is 10.4 Å². The average Bonchev–Trinajstić information content (AvgIpc) is 2.43. The molecule has 0 spiro atoms. The first kappa shape index (κ1) is 15.9. The van der Waals surface area contributed by atoms with Crippen LogP contribution in [0.3, 0.4) is 0 Å². The van der Waals surface area contributed by atoms with E-state index in [2.05, 4.69) is 37.2 Å². The molecule has 0 saturated heterocycles. The molecule has 0 fully saturated rings. The van der Waals surface area contributed by atoms with E-state index in [1.165, 1.54) is 24.3 Å². The van der Waals surface area contributed by atoms with Gasteiger partial charge in [-0.3, -0.25) is 14.9 Å². The van der Waals surface area contributed by atoms with Crippen LogP contribution in [0.2, 0.25) is 5.02 Å². The fourth-order valence-electron chi connectivity index (χ4n) is 1.58. The Morgan fingerprint density at radius 2 is 1.86 bits per heavy atom. The highest BCUT2D eigenvalue weighted by Gasteiger charge is 2.14. The molecule has 0 heterocycles. The zero-order chi connectivity index (χ0) is 15.6. The molecule has 2 aromatic carbocycles. The van der Waals surface area contributed by atoms with Crippen LogP contribution in [-0.4, -0.2) is 10.8 Å². The van der Waals surface area contributed by atoms with Crippen molar-refractivity contribution >= 4 is 60.7 Å². The van der Waals surface area contributed by atoms with Gasteiger partial charge in [0.15, 0.2) is 0 Å². The summed E-state index contributed by atoms with van der Waals surface area (Å²) in [6, 6.07) is 8.95. The minimum atomic E-state index is -0.510. The second-order valence-electron chi connectivity index (χ2n) is 4.00. The minimum absolute atomic E-state index is 0.0659. The SMILES string of the molecule is O=C(Nc1ccc([N+](=O)[O-])cc1Br)c1cc(Cl)ccc1Br. The fourth-order valence-corrected chi connectivity index (χ4v) is 2.64. The van der Waals surface area contributed by atoms with Gasteiger partial charge in [0.25, 0.3) is 11.6 Å². The fraction of sp³-hybridized carbons (Fsp3) is 0. The van der Waals surface area contributed by atoms with Gasteiger partial charge in [0, 0.05) is 26.1 Å². The van der Waals surface area contributed by atoms with Gasteiger partial charge in [0.2, 0.25) is 0 Å². The number of nitrogens with zero attached hydrogens (tertiary/aromatic N) is 1. The lowest BCUT2D eigenvalue weighted by Gasteiger charge is -2.09. The Balaban J connectivity index is 2.27. The molecule has 0 bridgehead atoms. The summed E-state index contributed by atoms with van der Waals surface area (Å²) in [7, 11) is 0. The van der Waals surface area contributed by atoms with Gasteiger partial charge in [-0.25, -0.2) is 0 Å². The number of nitro benzene ring substituents is 1. The Bertz CT molecular complexity index is 737.